The number of thioether (sulfide) groups is 1. The average molecular weight is 332 g/mol. The largest absolute Gasteiger partial charge is 0.468 e. The molecule has 1 atom stereocenters. The summed E-state index contributed by atoms with van der Waals surface area (Å²) in [5.41, 5.74) is 0. The summed E-state index contributed by atoms with van der Waals surface area (Å²) in [5, 5.41) is 3.21. The molecule has 0 radical (unpaired) electrons. The minimum Gasteiger partial charge on any atom is -0.468 e. The van der Waals surface area contributed by atoms with E-state index in [0.29, 0.717) is 5.75 Å². The van der Waals surface area contributed by atoms with Gasteiger partial charge in [-0.05, 0) is 18.2 Å². The van der Waals surface area contributed by atoms with Crippen molar-refractivity contribution in [2.24, 2.45) is 0 Å². The van der Waals surface area contributed by atoms with Crippen molar-refractivity contribution >= 4 is 33.7 Å². The number of carbonyl (C=O) groups excluding carboxylic acids is 1. The molecule has 0 saturated carbocycles. The molecule has 18 heavy (non-hydrogen) atoms. The third-order valence-corrected chi connectivity index (χ3v) is 3.81. The van der Waals surface area contributed by atoms with Gasteiger partial charge in [0, 0.05) is 21.2 Å². The first-order chi connectivity index (χ1) is 8.52. The predicted octanol–water partition coefficient (Wildman–Crippen LogP) is 3.08. The topological polar surface area (TPSA) is 38.3 Å². The van der Waals surface area contributed by atoms with Gasteiger partial charge in [0.1, 0.15) is 6.04 Å². The fourth-order valence-corrected chi connectivity index (χ4v) is 2.99. The minimum absolute atomic E-state index is 0.216. The second-order valence-electron chi connectivity index (χ2n) is 4.17. The van der Waals surface area contributed by atoms with Crippen LogP contribution in [0.5, 0.6) is 0 Å². The van der Waals surface area contributed by atoms with Crippen LogP contribution >= 0.6 is 27.7 Å². The molecule has 0 heterocycles. The van der Waals surface area contributed by atoms with Gasteiger partial charge in [0.25, 0.3) is 0 Å². The second-order valence-corrected chi connectivity index (χ2v) is 6.17. The number of methoxy groups -OCH3 is 1. The van der Waals surface area contributed by atoms with Crippen LogP contribution in [0.4, 0.5) is 0 Å². The van der Waals surface area contributed by atoms with Crippen molar-refractivity contribution in [1.82, 2.24) is 5.32 Å². The summed E-state index contributed by atoms with van der Waals surface area (Å²) < 4.78 is 5.84. The molecule has 1 aromatic carbocycles. The molecular weight excluding hydrogens is 314 g/mol. The summed E-state index contributed by atoms with van der Waals surface area (Å²) in [6.45, 7) is 4.03. The first-order valence-electron chi connectivity index (χ1n) is 5.75. The molecule has 0 saturated heterocycles. The molecule has 0 aromatic heterocycles. The highest BCUT2D eigenvalue weighted by atomic mass is 79.9. The Labute approximate surface area is 121 Å². The first kappa shape index (κ1) is 15.5. The Morgan fingerprint density at radius 2 is 2.22 bits per heavy atom. The number of hydrogen-bond donors (Lipinski definition) is 1. The third-order valence-electron chi connectivity index (χ3n) is 2.23. The van der Waals surface area contributed by atoms with Gasteiger partial charge < -0.3 is 10.1 Å². The Bertz CT molecular complexity index is 398. The van der Waals surface area contributed by atoms with Crippen molar-refractivity contribution in [3.05, 3.63) is 28.7 Å². The lowest BCUT2D eigenvalue weighted by Crippen LogP contribution is -2.43. The van der Waals surface area contributed by atoms with E-state index in [1.54, 1.807) is 11.8 Å². The van der Waals surface area contributed by atoms with Crippen LogP contribution in [0, 0.1) is 0 Å². The van der Waals surface area contributed by atoms with Crippen LogP contribution in [-0.2, 0) is 9.53 Å². The van der Waals surface area contributed by atoms with Gasteiger partial charge in [-0.2, -0.15) is 0 Å². The molecule has 3 nitrogen and oxygen atoms in total. The maximum atomic E-state index is 11.6. The zero-order valence-electron chi connectivity index (χ0n) is 10.8. The van der Waals surface area contributed by atoms with Gasteiger partial charge >= 0.3 is 5.97 Å². The van der Waals surface area contributed by atoms with Crippen LogP contribution in [0.25, 0.3) is 0 Å². The van der Waals surface area contributed by atoms with E-state index in [2.05, 4.69) is 21.2 Å². The number of benzene rings is 1. The molecule has 0 spiro atoms. The Hall–Kier alpha value is -0.520. The van der Waals surface area contributed by atoms with Crippen molar-refractivity contribution in [2.45, 2.75) is 30.8 Å². The highest BCUT2D eigenvalue weighted by molar-refractivity contribution is 9.10. The minimum atomic E-state index is -0.279. The SMILES string of the molecule is COC(=O)C(CSc1cccc(Br)c1)NC(C)C. The highest BCUT2D eigenvalue weighted by Crippen LogP contribution is 2.22. The van der Waals surface area contributed by atoms with Crippen molar-refractivity contribution in [3.8, 4) is 0 Å². The van der Waals surface area contributed by atoms with E-state index in [-0.39, 0.29) is 18.1 Å². The third kappa shape index (κ3) is 5.42. The fourth-order valence-electron chi connectivity index (χ4n) is 1.47. The number of halogens is 1. The van der Waals surface area contributed by atoms with Crippen molar-refractivity contribution in [2.75, 3.05) is 12.9 Å². The summed E-state index contributed by atoms with van der Waals surface area (Å²) in [7, 11) is 1.42. The summed E-state index contributed by atoms with van der Waals surface area (Å²) in [5.74, 6) is 0.438. The first-order valence-corrected chi connectivity index (χ1v) is 7.53. The van der Waals surface area contributed by atoms with E-state index in [1.807, 2.05) is 38.1 Å². The maximum Gasteiger partial charge on any atom is 0.323 e. The molecule has 1 rings (SSSR count). The molecule has 0 aliphatic rings. The van der Waals surface area contributed by atoms with Gasteiger partial charge in [0.2, 0.25) is 0 Å². The molecule has 0 amide bonds. The Kier molecular flexibility index (Phi) is 6.75. The second kappa shape index (κ2) is 7.81. The molecule has 5 heteroatoms. The molecule has 0 fully saturated rings. The van der Waals surface area contributed by atoms with E-state index >= 15 is 0 Å². The summed E-state index contributed by atoms with van der Waals surface area (Å²) in [6.07, 6.45) is 0. The van der Waals surface area contributed by atoms with E-state index in [1.165, 1.54) is 7.11 Å². The Balaban J connectivity index is 2.58. The lowest BCUT2D eigenvalue weighted by Gasteiger charge is -2.18. The van der Waals surface area contributed by atoms with Crippen LogP contribution in [-0.4, -0.2) is 30.9 Å². The zero-order valence-corrected chi connectivity index (χ0v) is 13.2. The standard InChI is InChI=1S/C13H18BrNO2S/c1-9(2)15-12(13(16)17-3)8-18-11-6-4-5-10(14)7-11/h4-7,9,12,15H,8H2,1-3H3. The molecule has 1 unspecified atom stereocenters. The highest BCUT2D eigenvalue weighted by Gasteiger charge is 2.19. The molecule has 0 aliphatic heterocycles. The van der Waals surface area contributed by atoms with E-state index in [0.717, 1.165) is 9.37 Å². The molecule has 100 valence electrons. The van der Waals surface area contributed by atoms with E-state index in [4.69, 9.17) is 4.74 Å². The normalized spacial score (nSPS) is 12.5. The predicted molar refractivity (Wildman–Crippen MR) is 78.9 cm³/mol. The fraction of sp³-hybridized carbons (Fsp3) is 0.462. The molecule has 0 bridgehead atoms. The lowest BCUT2D eigenvalue weighted by atomic mass is 10.3. The van der Waals surface area contributed by atoms with Crippen LogP contribution < -0.4 is 5.32 Å². The van der Waals surface area contributed by atoms with Crippen LogP contribution in [0.2, 0.25) is 0 Å². The van der Waals surface area contributed by atoms with Crippen LogP contribution in [0.3, 0.4) is 0 Å². The number of rotatable bonds is 6. The van der Waals surface area contributed by atoms with Gasteiger partial charge in [-0.1, -0.05) is 35.8 Å². The lowest BCUT2D eigenvalue weighted by molar-refractivity contribution is -0.142. The van der Waals surface area contributed by atoms with Gasteiger partial charge in [-0.25, -0.2) is 0 Å². The van der Waals surface area contributed by atoms with Gasteiger partial charge in [0.05, 0.1) is 7.11 Å². The quantitative estimate of drug-likeness (QED) is 0.642. The smallest absolute Gasteiger partial charge is 0.323 e. The zero-order chi connectivity index (χ0) is 13.5. The van der Waals surface area contributed by atoms with Crippen molar-refractivity contribution < 1.29 is 9.53 Å². The van der Waals surface area contributed by atoms with E-state index in [9.17, 15) is 4.79 Å². The van der Waals surface area contributed by atoms with Gasteiger partial charge in [-0.15, -0.1) is 11.8 Å². The summed E-state index contributed by atoms with van der Waals surface area (Å²) in [4.78, 5) is 12.8. The number of esters is 1. The number of nitrogens with one attached hydrogen (secondary N) is 1. The van der Waals surface area contributed by atoms with E-state index < -0.39 is 0 Å². The number of hydrogen-bond acceptors (Lipinski definition) is 4. The molecule has 1 N–H and O–H groups in total. The van der Waals surface area contributed by atoms with Crippen LogP contribution in [0.1, 0.15) is 13.8 Å². The monoisotopic (exact) mass is 331 g/mol. The Morgan fingerprint density at radius 1 is 1.50 bits per heavy atom. The molecule has 1 aromatic rings. The summed E-state index contributed by atoms with van der Waals surface area (Å²) in [6, 6.07) is 7.99. The number of ether oxygens (including phenoxy) is 1. The van der Waals surface area contributed by atoms with Crippen LogP contribution in [0.15, 0.2) is 33.6 Å². The molecular formula is C13H18BrNO2S. The van der Waals surface area contributed by atoms with Gasteiger partial charge in [0.15, 0.2) is 0 Å². The summed E-state index contributed by atoms with van der Waals surface area (Å²) >= 11 is 5.07. The molecule has 0 aliphatic carbocycles. The van der Waals surface area contributed by atoms with Gasteiger partial charge in [-0.3, -0.25) is 4.79 Å². The Morgan fingerprint density at radius 3 is 2.78 bits per heavy atom. The average Bonchev–Trinajstić information content (AvgIpc) is 2.33. The number of carbonyl (C=O) groups is 1. The van der Waals surface area contributed by atoms with Crippen molar-refractivity contribution in [1.29, 1.82) is 0 Å². The van der Waals surface area contributed by atoms with Crippen molar-refractivity contribution in [3.63, 3.8) is 0 Å². The maximum absolute atomic E-state index is 11.6.